The van der Waals surface area contributed by atoms with E-state index >= 15 is 0 Å². The van der Waals surface area contributed by atoms with Crippen LogP contribution in [0.5, 0.6) is 0 Å². The summed E-state index contributed by atoms with van der Waals surface area (Å²) in [6.07, 6.45) is 3.05. The Morgan fingerprint density at radius 3 is 2.56 bits per heavy atom. The number of carbonyl (C=O) groups is 1. The first kappa shape index (κ1) is 19.6. The van der Waals surface area contributed by atoms with E-state index in [9.17, 15) is 4.79 Å². The Hall–Kier alpha value is -2.14. The highest BCUT2D eigenvalue weighted by molar-refractivity contribution is 5.79. The van der Waals surface area contributed by atoms with E-state index < -0.39 is 0 Å². The van der Waals surface area contributed by atoms with Crippen molar-refractivity contribution in [1.29, 1.82) is 0 Å². The Kier molecular flexibility index (Phi) is 6.32. The van der Waals surface area contributed by atoms with Crippen LogP contribution in [0, 0.1) is 19.8 Å². The molecule has 5 heteroatoms. The molecule has 27 heavy (non-hydrogen) atoms. The van der Waals surface area contributed by atoms with Crippen LogP contribution in [0.1, 0.15) is 47.8 Å². The molecule has 1 N–H and O–H groups in total. The molecule has 3 rings (SSSR count). The van der Waals surface area contributed by atoms with Crippen molar-refractivity contribution in [2.45, 2.75) is 53.1 Å². The van der Waals surface area contributed by atoms with Crippen molar-refractivity contribution in [3.05, 3.63) is 52.3 Å². The molecular formula is C22H32N4O. The molecule has 146 valence electrons. The third kappa shape index (κ3) is 5.19. The maximum atomic E-state index is 12.3. The molecule has 5 nitrogen and oxygen atoms in total. The van der Waals surface area contributed by atoms with Crippen LogP contribution in [0.2, 0.25) is 0 Å². The fourth-order valence-corrected chi connectivity index (χ4v) is 3.95. The zero-order valence-electron chi connectivity index (χ0n) is 17.1. The molecule has 2 aromatic rings. The summed E-state index contributed by atoms with van der Waals surface area (Å²) in [5, 5.41) is 7.41. The number of piperidine rings is 1. The van der Waals surface area contributed by atoms with Crippen LogP contribution in [-0.2, 0) is 31.4 Å². The second kappa shape index (κ2) is 8.70. The van der Waals surface area contributed by atoms with Gasteiger partial charge in [-0.15, -0.1) is 0 Å². The molecule has 0 spiro atoms. The van der Waals surface area contributed by atoms with Gasteiger partial charge in [0.25, 0.3) is 0 Å². The van der Waals surface area contributed by atoms with E-state index in [4.69, 9.17) is 0 Å². The van der Waals surface area contributed by atoms with E-state index in [-0.39, 0.29) is 5.91 Å². The van der Waals surface area contributed by atoms with Gasteiger partial charge in [0.05, 0.1) is 12.1 Å². The van der Waals surface area contributed by atoms with Gasteiger partial charge in [-0.2, -0.15) is 5.10 Å². The number of hydrogen-bond donors (Lipinski definition) is 1. The van der Waals surface area contributed by atoms with Gasteiger partial charge < -0.3 is 5.32 Å². The van der Waals surface area contributed by atoms with Crippen LogP contribution in [0.3, 0.4) is 0 Å². The summed E-state index contributed by atoms with van der Waals surface area (Å²) in [4.78, 5) is 14.9. The number of nitrogens with zero attached hydrogens (tertiary/aromatic N) is 3. The Morgan fingerprint density at radius 2 is 1.93 bits per heavy atom. The molecule has 1 fully saturated rings. The zero-order chi connectivity index (χ0) is 19.4. The van der Waals surface area contributed by atoms with Gasteiger partial charge in [-0.25, -0.2) is 0 Å². The van der Waals surface area contributed by atoms with Gasteiger partial charge in [0.1, 0.15) is 0 Å². The number of rotatable bonds is 6. The van der Waals surface area contributed by atoms with Gasteiger partial charge in [0.15, 0.2) is 0 Å². The second-order valence-corrected chi connectivity index (χ2v) is 8.03. The summed E-state index contributed by atoms with van der Waals surface area (Å²) in [6.45, 7) is 10.3. The number of aromatic nitrogens is 2. The van der Waals surface area contributed by atoms with E-state index in [0.717, 1.165) is 35.0 Å². The number of carbonyl (C=O) groups excluding carboxylic acids is 1. The second-order valence-electron chi connectivity index (χ2n) is 8.03. The van der Waals surface area contributed by atoms with Gasteiger partial charge >= 0.3 is 0 Å². The standard InChI is InChI=1S/C22H32N4O/c1-16-6-5-11-26(14-16)15-20-9-7-19(8-10-20)13-23-22(27)12-21-17(2)24-25(4)18(21)3/h7-10,16H,5-6,11-15H2,1-4H3,(H,23,27). The number of hydrogen-bond acceptors (Lipinski definition) is 3. The molecule has 0 bridgehead atoms. The molecule has 0 aliphatic carbocycles. The van der Waals surface area contributed by atoms with Crippen molar-refractivity contribution >= 4 is 5.91 Å². The molecule has 1 aliphatic rings. The number of nitrogens with one attached hydrogen (secondary N) is 1. The fraction of sp³-hybridized carbons (Fsp3) is 0.545. The third-order valence-electron chi connectivity index (χ3n) is 5.66. The number of benzene rings is 1. The Balaban J connectivity index is 1.49. The van der Waals surface area contributed by atoms with E-state index in [2.05, 4.69) is 46.5 Å². The van der Waals surface area contributed by atoms with Crippen LogP contribution in [0.15, 0.2) is 24.3 Å². The van der Waals surface area contributed by atoms with E-state index in [1.165, 1.54) is 31.5 Å². The van der Waals surface area contributed by atoms with Crippen LogP contribution in [-0.4, -0.2) is 33.7 Å². The van der Waals surface area contributed by atoms with Crippen LogP contribution in [0.4, 0.5) is 0 Å². The molecular weight excluding hydrogens is 336 g/mol. The quantitative estimate of drug-likeness (QED) is 0.852. The Morgan fingerprint density at radius 1 is 1.22 bits per heavy atom. The summed E-state index contributed by atoms with van der Waals surface area (Å²) in [5.74, 6) is 0.848. The molecule has 1 aliphatic heterocycles. The summed E-state index contributed by atoms with van der Waals surface area (Å²) in [6, 6.07) is 8.64. The lowest BCUT2D eigenvalue weighted by Crippen LogP contribution is -2.33. The highest BCUT2D eigenvalue weighted by Gasteiger charge is 2.16. The molecule has 1 aromatic heterocycles. The van der Waals surface area contributed by atoms with Crippen molar-refractivity contribution in [2.75, 3.05) is 13.1 Å². The first-order valence-corrected chi connectivity index (χ1v) is 9.98. The normalized spacial score (nSPS) is 17.9. The summed E-state index contributed by atoms with van der Waals surface area (Å²) < 4.78 is 1.83. The minimum atomic E-state index is 0.0422. The maximum absolute atomic E-state index is 12.3. The lowest BCUT2D eigenvalue weighted by atomic mass is 9.99. The molecule has 0 radical (unpaired) electrons. The summed E-state index contributed by atoms with van der Waals surface area (Å²) >= 11 is 0. The minimum Gasteiger partial charge on any atom is -0.352 e. The average Bonchev–Trinajstić information content (AvgIpc) is 2.87. The van der Waals surface area contributed by atoms with Gasteiger partial charge in [0, 0.05) is 37.9 Å². The molecule has 1 atom stereocenters. The highest BCUT2D eigenvalue weighted by atomic mass is 16.1. The van der Waals surface area contributed by atoms with E-state index in [0.29, 0.717) is 13.0 Å². The molecule has 1 unspecified atom stereocenters. The molecule has 1 aromatic carbocycles. The number of aryl methyl sites for hydroxylation is 2. The van der Waals surface area contributed by atoms with Crippen molar-refractivity contribution in [2.24, 2.45) is 13.0 Å². The van der Waals surface area contributed by atoms with Crippen LogP contribution >= 0.6 is 0 Å². The number of likely N-dealkylation sites (tertiary alicyclic amines) is 1. The predicted molar refractivity (Wildman–Crippen MR) is 108 cm³/mol. The highest BCUT2D eigenvalue weighted by Crippen LogP contribution is 2.18. The topological polar surface area (TPSA) is 50.2 Å². The SMILES string of the molecule is Cc1nn(C)c(C)c1CC(=O)NCc1ccc(CN2CCCC(C)C2)cc1. The lowest BCUT2D eigenvalue weighted by molar-refractivity contribution is -0.120. The third-order valence-corrected chi connectivity index (χ3v) is 5.66. The zero-order valence-corrected chi connectivity index (χ0v) is 17.1. The summed E-state index contributed by atoms with van der Waals surface area (Å²) in [7, 11) is 1.91. The smallest absolute Gasteiger partial charge is 0.224 e. The average molecular weight is 369 g/mol. The molecule has 0 saturated carbocycles. The molecule has 2 heterocycles. The monoisotopic (exact) mass is 368 g/mol. The molecule has 1 saturated heterocycles. The fourth-order valence-electron chi connectivity index (χ4n) is 3.95. The van der Waals surface area contributed by atoms with Crippen molar-refractivity contribution < 1.29 is 4.79 Å². The van der Waals surface area contributed by atoms with Gasteiger partial charge in [0.2, 0.25) is 5.91 Å². The summed E-state index contributed by atoms with van der Waals surface area (Å²) in [5.41, 5.74) is 5.50. The van der Waals surface area contributed by atoms with Crippen molar-refractivity contribution in [3.63, 3.8) is 0 Å². The maximum Gasteiger partial charge on any atom is 0.224 e. The van der Waals surface area contributed by atoms with Crippen LogP contribution in [0.25, 0.3) is 0 Å². The van der Waals surface area contributed by atoms with E-state index in [1.807, 2.05) is 25.6 Å². The van der Waals surface area contributed by atoms with Gasteiger partial charge in [-0.1, -0.05) is 31.2 Å². The van der Waals surface area contributed by atoms with Crippen molar-refractivity contribution in [3.8, 4) is 0 Å². The largest absolute Gasteiger partial charge is 0.352 e. The number of amides is 1. The van der Waals surface area contributed by atoms with Crippen LogP contribution < -0.4 is 5.32 Å². The molecule has 1 amide bonds. The first-order valence-electron chi connectivity index (χ1n) is 9.98. The first-order chi connectivity index (χ1) is 12.9. The predicted octanol–water partition coefficient (Wildman–Crippen LogP) is 3.13. The Labute approximate surface area is 162 Å². The van der Waals surface area contributed by atoms with E-state index in [1.54, 1.807) is 0 Å². The Bertz CT molecular complexity index is 778. The lowest BCUT2D eigenvalue weighted by Gasteiger charge is -2.30. The minimum absolute atomic E-state index is 0.0422. The van der Waals surface area contributed by atoms with Gasteiger partial charge in [-0.05, 0) is 50.3 Å². The van der Waals surface area contributed by atoms with Crippen molar-refractivity contribution in [1.82, 2.24) is 20.0 Å². The van der Waals surface area contributed by atoms with Gasteiger partial charge in [-0.3, -0.25) is 14.4 Å².